The summed E-state index contributed by atoms with van der Waals surface area (Å²) in [5, 5.41) is 7.78. The molecule has 0 fully saturated rings. The van der Waals surface area contributed by atoms with Gasteiger partial charge in [-0.15, -0.1) is 28.7 Å². The van der Waals surface area contributed by atoms with Gasteiger partial charge in [0.2, 0.25) is 0 Å². The molecule has 0 saturated heterocycles. The number of urea groups is 1. The Morgan fingerprint density at radius 1 is 0.925 bits per heavy atom. The Labute approximate surface area is 255 Å². The number of hydrogen-bond acceptors (Lipinski definition) is 4. The van der Waals surface area contributed by atoms with Crippen molar-refractivity contribution in [2.75, 3.05) is 23.1 Å². The highest BCUT2D eigenvalue weighted by molar-refractivity contribution is 8.93. The minimum Gasteiger partial charge on any atom is -0.491 e. The number of allylic oxidation sites excluding steroid dienone is 1. The summed E-state index contributed by atoms with van der Waals surface area (Å²) in [6.45, 7) is 5.56. The molecule has 40 heavy (non-hydrogen) atoms. The smallest absolute Gasteiger partial charge is 0.323 e. The van der Waals surface area contributed by atoms with E-state index in [1.807, 2.05) is 24.3 Å². The maximum absolute atomic E-state index is 14.6. The van der Waals surface area contributed by atoms with Crippen LogP contribution in [0.15, 0.2) is 53.6 Å². The van der Waals surface area contributed by atoms with E-state index in [4.69, 9.17) is 4.74 Å². The minimum atomic E-state index is -0.471. The third-order valence-corrected chi connectivity index (χ3v) is 8.02. The van der Waals surface area contributed by atoms with E-state index in [1.165, 1.54) is 76.0 Å². The normalized spacial score (nSPS) is 12.6. The van der Waals surface area contributed by atoms with Crippen LogP contribution in [-0.4, -0.2) is 23.4 Å². The fourth-order valence-electron chi connectivity index (χ4n) is 4.69. The zero-order chi connectivity index (χ0) is 27.7. The van der Waals surface area contributed by atoms with Crippen LogP contribution in [-0.2, 0) is 6.54 Å². The molecule has 0 radical (unpaired) electrons. The molecule has 0 aliphatic carbocycles. The highest BCUT2D eigenvalue weighted by atomic mass is 79.9. The van der Waals surface area contributed by atoms with Crippen LogP contribution in [0, 0.1) is 5.82 Å². The van der Waals surface area contributed by atoms with Gasteiger partial charge in [-0.3, -0.25) is 0 Å². The van der Waals surface area contributed by atoms with E-state index >= 15 is 0 Å². The van der Waals surface area contributed by atoms with Crippen LogP contribution in [0.3, 0.4) is 0 Å². The second-order valence-corrected chi connectivity index (χ2v) is 11.2. The number of para-hydroxylation sites is 1. The number of unbranched alkanes of at least 4 members (excludes halogenated alkanes) is 11. The summed E-state index contributed by atoms with van der Waals surface area (Å²) in [5.74, 6) is 0.654. The molecule has 1 aliphatic heterocycles. The zero-order valence-electron chi connectivity index (χ0n) is 24.2. The molecule has 2 aromatic rings. The van der Waals surface area contributed by atoms with Gasteiger partial charge in [0.25, 0.3) is 0 Å². The van der Waals surface area contributed by atoms with Crippen molar-refractivity contribution in [1.29, 1.82) is 0 Å². The molecule has 2 amide bonds. The largest absolute Gasteiger partial charge is 0.491 e. The first-order valence-corrected chi connectivity index (χ1v) is 15.7. The Hall–Kier alpha value is -2.19. The summed E-state index contributed by atoms with van der Waals surface area (Å²) in [5.41, 5.74) is 3.36. The zero-order valence-corrected chi connectivity index (χ0v) is 26.7. The topological polar surface area (TPSA) is 53.6 Å². The lowest BCUT2D eigenvalue weighted by Gasteiger charge is -2.21. The lowest BCUT2D eigenvalue weighted by Crippen LogP contribution is -2.22. The predicted molar refractivity (Wildman–Crippen MR) is 174 cm³/mol. The molecule has 2 aromatic carbocycles. The number of thioether (sulfide) groups is 1. The van der Waals surface area contributed by atoms with Crippen LogP contribution >= 0.6 is 28.7 Å². The number of halogens is 2. The van der Waals surface area contributed by atoms with Crippen LogP contribution in [0.1, 0.15) is 96.5 Å². The maximum atomic E-state index is 14.6. The third kappa shape index (κ3) is 12.5. The molecule has 222 valence electrons. The number of nitrogens with zero attached hydrogens (tertiary/aromatic N) is 1. The van der Waals surface area contributed by atoms with Gasteiger partial charge in [-0.05, 0) is 42.5 Å². The Morgan fingerprint density at radius 3 is 2.20 bits per heavy atom. The van der Waals surface area contributed by atoms with E-state index in [1.54, 1.807) is 23.9 Å². The number of carbonyl (C=O) groups excluding carboxylic acids is 1. The van der Waals surface area contributed by atoms with E-state index in [2.05, 4.69) is 34.8 Å². The van der Waals surface area contributed by atoms with Crippen molar-refractivity contribution in [3.63, 3.8) is 0 Å². The standard InChI is InChI=1S/C32H46FN3O2S.BrH/c1-3-4-5-6-7-8-9-10-11-12-13-16-21-38-31-20-19-28(22-29(31)33)34-32(37)35-30-18-15-14-17-27(30)23-36-25-39-24-26(36)2;/h14-15,17-20,22,24H,3-13,16,21,23,25H2,1-2H3,(H2,34,35,37);1H. The summed E-state index contributed by atoms with van der Waals surface area (Å²) in [4.78, 5) is 14.9. The van der Waals surface area contributed by atoms with Crippen molar-refractivity contribution in [3.8, 4) is 5.75 Å². The molecular formula is C32H47BrFN3O2S. The maximum Gasteiger partial charge on any atom is 0.323 e. The molecule has 1 aliphatic rings. The average molecular weight is 637 g/mol. The van der Waals surface area contributed by atoms with Gasteiger partial charge in [0, 0.05) is 29.7 Å². The molecule has 0 bridgehead atoms. The minimum absolute atomic E-state index is 0. The number of nitrogens with one attached hydrogen (secondary N) is 2. The quantitative estimate of drug-likeness (QED) is 0.160. The van der Waals surface area contributed by atoms with E-state index in [0.717, 1.165) is 30.0 Å². The Morgan fingerprint density at radius 2 is 1.57 bits per heavy atom. The number of rotatable bonds is 18. The number of anilines is 2. The SMILES string of the molecule is Br.CCCCCCCCCCCCCCOc1ccc(NC(=O)Nc2ccccc2CN2CSC=C2C)cc1F. The first-order valence-electron chi connectivity index (χ1n) is 14.7. The van der Waals surface area contributed by atoms with E-state index in [9.17, 15) is 9.18 Å². The van der Waals surface area contributed by atoms with Crippen LogP contribution < -0.4 is 15.4 Å². The Balaban J connectivity index is 0.00000560. The predicted octanol–water partition coefficient (Wildman–Crippen LogP) is 10.5. The number of carbonyl (C=O) groups is 1. The van der Waals surface area contributed by atoms with Crippen molar-refractivity contribution in [2.24, 2.45) is 0 Å². The van der Waals surface area contributed by atoms with Crippen molar-refractivity contribution in [1.82, 2.24) is 4.90 Å². The summed E-state index contributed by atoms with van der Waals surface area (Å²) >= 11 is 1.77. The van der Waals surface area contributed by atoms with E-state index in [0.29, 0.717) is 18.8 Å². The molecule has 0 aromatic heterocycles. The van der Waals surface area contributed by atoms with Gasteiger partial charge >= 0.3 is 6.03 Å². The van der Waals surface area contributed by atoms with Crippen molar-refractivity contribution < 1.29 is 13.9 Å². The number of hydrogen-bond donors (Lipinski definition) is 2. The van der Waals surface area contributed by atoms with Crippen molar-refractivity contribution >= 4 is 46.1 Å². The fourth-order valence-corrected chi connectivity index (χ4v) is 5.63. The number of ether oxygens (including phenoxy) is 1. The summed E-state index contributed by atoms with van der Waals surface area (Å²) in [6.07, 6.45) is 15.3. The van der Waals surface area contributed by atoms with Crippen molar-refractivity contribution in [3.05, 3.63) is 65.0 Å². The third-order valence-electron chi connectivity index (χ3n) is 7.06. The molecule has 1 heterocycles. The van der Waals surface area contributed by atoms with Gasteiger partial charge in [0.15, 0.2) is 11.6 Å². The lowest BCUT2D eigenvalue weighted by atomic mass is 10.1. The van der Waals surface area contributed by atoms with Gasteiger partial charge in [-0.25, -0.2) is 9.18 Å². The van der Waals surface area contributed by atoms with Gasteiger partial charge in [-0.2, -0.15) is 0 Å². The average Bonchev–Trinajstić information content (AvgIpc) is 3.33. The number of amides is 2. The molecule has 0 saturated carbocycles. The molecule has 3 rings (SSSR count). The van der Waals surface area contributed by atoms with Gasteiger partial charge < -0.3 is 20.3 Å². The second-order valence-electron chi connectivity index (χ2n) is 10.4. The van der Waals surface area contributed by atoms with Crippen LogP contribution in [0.25, 0.3) is 0 Å². The second kappa shape index (κ2) is 19.8. The summed E-state index contributed by atoms with van der Waals surface area (Å²) < 4.78 is 20.2. The first kappa shape index (κ1) is 34.0. The lowest BCUT2D eigenvalue weighted by molar-refractivity contribution is 0.262. The van der Waals surface area contributed by atoms with E-state index in [-0.39, 0.29) is 22.7 Å². The van der Waals surface area contributed by atoms with Crippen molar-refractivity contribution in [2.45, 2.75) is 97.4 Å². The summed E-state index contributed by atoms with van der Waals surface area (Å²) in [6, 6.07) is 11.9. The Kier molecular flexibility index (Phi) is 16.8. The summed E-state index contributed by atoms with van der Waals surface area (Å²) in [7, 11) is 0. The molecule has 0 atom stereocenters. The molecule has 0 spiro atoms. The van der Waals surface area contributed by atoms with Crippen LogP contribution in [0.5, 0.6) is 5.75 Å². The van der Waals surface area contributed by atoms with Gasteiger partial charge in [0.1, 0.15) is 0 Å². The number of benzene rings is 2. The fraction of sp³-hybridized carbons (Fsp3) is 0.531. The molecule has 5 nitrogen and oxygen atoms in total. The van der Waals surface area contributed by atoms with Crippen LogP contribution in [0.2, 0.25) is 0 Å². The van der Waals surface area contributed by atoms with Gasteiger partial charge in [0.05, 0.1) is 12.5 Å². The highest BCUT2D eigenvalue weighted by Gasteiger charge is 2.15. The molecule has 8 heteroatoms. The monoisotopic (exact) mass is 635 g/mol. The molecule has 0 unspecified atom stereocenters. The Bertz CT molecular complexity index is 1050. The first-order chi connectivity index (χ1) is 19.1. The highest BCUT2D eigenvalue weighted by Crippen LogP contribution is 2.27. The molecule has 2 N–H and O–H groups in total. The van der Waals surface area contributed by atoms with Crippen LogP contribution in [0.4, 0.5) is 20.6 Å². The van der Waals surface area contributed by atoms with E-state index < -0.39 is 11.8 Å². The molecular weight excluding hydrogens is 589 g/mol. The van der Waals surface area contributed by atoms with Gasteiger partial charge in [-0.1, -0.05) is 95.8 Å².